The predicted molar refractivity (Wildman–Crippen MR) is 117 cm³/mol. The summed E-state index contributed by atoms with van der Waals surface area (Å²) in [4.78, 5) is 0. The SMILES string of the molecule is Cc1cc(C)c(-c2n(C)c(-c3ccccc3)c(-c3ccccc3)[n+]2C)c(C)c1. The average Bonchev–Trinajstić information content (AvgIpc) is 2.93. The van der Waals surface area contributed by atoms with E-state index in [2.05, 4.69) is 117 Å². The van der Waals surface area contributed by atoms with Crippen LogP contribution in [0.4, 0.5) is 0 Å². The summed E-state index contributed by atoms with van der Waals surface area (Å²) in [5.74, 6) is 1.23. The fourth-order valence-electron chi connectivity index (χ4n) is 4.48. The van der Waals surface area contributed by atoms with Crippen LogP contribution in [0.3, 0.4) is 0 Å². The summed E-state index contributed by atoms with van der Waals surface area (Å²) in [5, 5.41) is 0. The quantitative estimate of drug-likeness (QED) is 0.406. The second-order valence-corrected chi connectivity index (χ2v) is 7.64. The Labute approximate surface area is 167 Å². The van der Waals surface area contributed by atoms with Crippen LogP contribution in [0.25, 0.3) is 33.9 Å². The van der Waals surface area contributed by atoms with Gasteiger partial charge in [0.05, 0.1) is 19.7 Å². The highest BCUT2D eigenvalue weighted by atomic mass is 15.2. The van der Waals surface area contributed by atoms with E-state index in [9.17, 15) is 0 Å². The maximum Gasteiger partial charge on any atom is 0.289 e. The minimum Gasteiger partial charge on any atom is -0.225 e. The number of imidazole rings is 1. The summed E-state index contributed by atoms with van der Waals surface area (Å²) >= 11 is 0. The van der Waals surface area contributed by atoms with Crippen molar-refractivity contribution in [3.05, 3.63) is 89.5 Å². The topological polar surface area (TPSA) is 8.81 Å². The molecule has 4 aromatic rings. The molecule has 0 aliphatic carbocycles. The zero-order chi connectivity index (χ0) is 19.8. The Hall–Kier alpha value is -3.13. The first-order valence-electron chi connectivity index (χ1n) is 9.76. The second-order valence-electron chi connectivity index (χ2n) is 7.64. The third kappa shape index (κ3) is 2.95. The number of hydrogen-bond donors (Lipinski definition) is 0. The molecule has 28 heavy (non-hydrogen) atoms. The third-order valence-corrected chi connectivity index (χ3v) is 5.53. The predicted octanol–water partition coefficient (Wildman–Crippen LogP) is 5.78. The average molecular weight is 368 g/mol. The smallest absolute Gasteiger partial charge is 0.225 e. The van der Waals surface area contributed by atoms with Crippen molar-refractivity contribution in [2.75, 3.05) is 0 Å². The van der Waals surface area contributed by atoms with E-state index < -0.39 is 0 Å². The summed E-state index contributed by atoms with van der Waals surface area (Å²) in [6.45, 7) is 6.60. The van der Waals surface area contributed by atoms with Crippen LogP contribution < -0.4 is 4.57 Å². The minimum absolute atomic E-state index is 1.23. The minimum atomic E-state index is 1.23. The molecule has 0 fully saturated rings. The summed E-state index contributed by atoms with van der Waals surface area (Å²) in [6.07, 6.45) is 0. The standard InChI is InChI=1S/C26H27N2/c1-18-16-19(2)23(20(3)17-18)26-27(4)24(21-12-8-6-9-13-21)25(28(26)5)22-14-10-7-11-15-22/h6-17H,1-5H3/q+1. The van der Waals surface area contributed by atoms with Gasteiger partial charge in [0.2, 0.25) is 0 Å². The molecule has 0 N–H and O–H groups in total. The molecular formula is C26H27N2+. The van der Waals surface area contributed by atoms with Crippen molar-refractivity contribution in [3.63, 3.8) is 0 Å². The van der Waals surface area contributed by atoms with E-state index in [0.29, 0.717) is 0 Å². The number of aryl methyl sites for hydroxylation is 3. The van der Waals surface area contributed by atoms with E-state index in [0.717, 1.165) is 0 Å². The van der Waals surface area contributed by atoms with Gasteiger partial charge in [-0.05, 0) is 31.9 Å². The maximum atomic E-state index is 2.35. The Morgan fingerprint density at radius 3 is 1.75 bits per heavy atom. The van der Waals surface area contributed by atoms with E-state index in [1.807, 2.05) is 0 Å². The van der Waals surface area contributed by atoms with Crippen LogP contribution in [0.5, 0.6) is 0 Å². The molecule has 0 saturated carbocycles. The first-order chi connectivity index (χ1) is 13.5. The van der Waals surface area contributed by atoms with E-state index in [-0.39, 0.29) is 0 Å². The van der Waals surface area contributed by atoms with E-state index in [4.69, 9.17) is 0 Å². The van der Waals surface area contributed by atoms with Crippen molar-refractivity contribution < 1.29 is 4.57 Å². The van der Waals surface area contributed by atoms with Crippen LogP contribution in [-0.2, 0) is 14.1 Å². The zero-order valence-corrected chi connectivity index (χ0v) is 17.3. The van der Waals surface area contributed by atoms with Crippen LogP contribution in [-0.4, -0.2) is 4.57 Å². The molecule has 1 aromatic heterocycles. The molecule has 0 spiro atoms. The second kappa shape index (κ2) is 7.12. The van der Waals surface area contributed by atoms with Crippen molar-refractivity contribution in [2.45, 2.75) is 20.8 Å². The third-order valence-electron chi connectivity index (χ3n) is 5.53. The van der Waals surface area contributed by atoms with Gasteiger partial charge in [0, 0.05) is 11.1 Å². The van der Waals surface area contributed by atoms with Crippen molar-refractivity contribution in [2.24, 2.45) is 14.1 Å². The fourth-order valence-corrected chi connectivity index (χ4v) is 4.48. The highest BCUT2D eigenvalue weighted by Gasteiger charge is 2.31. The van der Waals surface area contributed by atoms with Crippen LogP contribution in [0.2, 0.25) is 0 Å². The molecule has 4 rings (SSSR count). The van der Waals surface area contributed by atoms with Gasteiger partial charge in [0.25, 0.3) is 5.82 Å². The van der Waals surface area contributed by atoms with E-state index in [1.54, 1.807) is 0 Å². The molecule has 3 aromatic carbocycles. The lowest BCUT2D eigenvalue weighted by molar-refractivity contribution is -0.648. The summed E-state index contributed by atoms with van der Waals surface area (Å²) in [7, 11) is 4.37. The molecule has 140 valence electrons. The number of aromatic nitrogens is 2. The Morgan fingerprint density at radius 1 is 0.714 bits per heavy atom. The Kier molecular flexibility index (Phi) is 4.64. The van der Waals surface area contributed by atoms with E-state index >= 15 is 0 Å². The van der Waals surface area contributed by atoms with Gasteiger partial charge in [-0.25, -0.2) is 9.13 Å². The molecule has 2 heteroatoms. The van der Waals surface area contributed by atoms with E-state index in [1.165, 1.54) is 50.6 Å². The monoisotopic (exact) mass is 367 g/mol. The summed E-state index contributed by atoms with van der Waals surface area (Å²) in [6, 6.07) is 25.9. The largest absolute Gasteiger partial charge is 0.289 e. The molecule has 0 atom stereocenters. The number of rotatable bonds is 3. The van der Waals surface area contributed by atoms with Crippen LogP contribution in [0.15, 0.2) is 72.8 Å². The molecule has 0 amide bonds. The number of nitrogens with zero attached hydrogens (tertiary/aromatic N) is 2. The molecule has 0 aliphatic rings. The lowest BCUT2D eigenvalue weighted by Gasteiger charge is -2.09. The van der Waals surface area contributed by atoms with Gasteiger partial charge in [0.15, 0.2) is 11.4 Å². The van der Waals surface area contributed by atoms with Gasteiger partial charge >= 0.3 is 0 Å². The van der Waals surface area contributed by atoms with Gasteiger partial charge in [0.1, 0.15) is 0 Å². The molecular weight excluding hydrogens is 340 g/mol. The van der Waals surface area contributed by atoms with Crippen LogP contribution in [0, 0.1) is 20.8 Å². The molecule has 1 heterocycles. The molecule has 0 bridgehead atoms. The van der Waals surface area contributed by atoms with Gasteiger partial charge < -0.3 is 0 Å². The summed E-state index contributed by atoms with van der Waals surface area (Å²) < 4.78 is 4.70. The molecule has 0 unspecified atom stereocenters. The Balaban J connectivity index is 2.10. The number of benzene rings is 3. The van der Waals surface area contributed by atoms with Crippen LogP contribution >= 0.6 is 0 Å². The first kappa shape index (κ1) is 18.2. The number of hydrogen-bond acceptors (Lipinski definition) is 0. The van der Waals surface area contributed by atoms with Crippen molar-refractivity contribution >= 4 is 0 Å². The van der Waals surface area contributed by atoms with Crippen molar-refractivity contribution in [3.8, 4) is 33.9 Å². The van der Waals surface area contributed by atoms with Gasteiger partial charge in [-0.15, -0.1) is 0 Å². The highest BCUT2D eigenvalue weighted by molar-refractivity contribution is 5.79. The summed E-state index contributed by atoms with van der Waals surface area (Å²) in [5.41, 5.74) is 10.2. The lowest BCUT2D eigenvalue weighted by Crippen LogP contribution is -2.32. The normalized spacial score (nSPS) is 11.0. The van der Waals surface area contributed by atoms with Gasteiger partial charge in [-0.1, -0.05) is 78.4 Å². The van der Waals surface area contributed by atoms with Crippen molar-refractivity contribution in [1.29, 1.82) is 0 Å². The fraction of sp³-hybridized carbons (Fsp3) is 0.192. The van der Waals surface area contributed by atoms with Gasteiger partial charge in [-0.2, -0.15) is 0 Å². The van der Waals surface area contributed by atoms with Crippen molar-refractivity contribution in [1.82, 2.24) is 4.57 Å². The maximum absolute atomic E-state index is 2.35. The molecule has 0 aliphatic heterocycles. The molecule has 2 nitrogen and oxygen atoms in total. The van der Waals surface area contributed by atoms with Gasteiger partial charge in [-0.3, -0.25) is 0 Å². The Morgan fingerprint density at radius 2 is 1.21 bits per heavy atom. The molecule has 0 saturated heterocycles. The lowest BCUT2D eigenvalue weighted by atomic mass is 9.99. The van der Waals surface area contributed by atoms with Crippen LogP contribution in [0.1, 0.15) is 16.7 Å². The Bertz CT molecular complexity index is 1050. The zero-order valence-electron chi connectivity index (χ0n) is 17.3. The molecule has 0 radical (unpaired) electrons. The highest BCUT2D eigenvalue weighted by Crippen LogP contribution is 2.35. The first-order valence-corrected chi connectivity index (χ1v) is 9.76.